The lowest BCUT2D eigenvalue weighted by atomic mass is 10.00. The van der Waals surface area contributed by atoms with Gasteiger partial charge >= 0.3 is 0 Å². The summed E-state index contributed by atoms with van der Waals surface area (Å²) < 4.78 is 28.0. The number of anilines is 2. The maximum atomic E-state index is 14.5. The molecule has 3 nitrogen and oxygen atoms in total. The fourth-order valence-electron chi connectivity index (χ4n) is 3.91. The molecular formula is C19H17F2N3S2. The second-order valence-electron chi connectivity index (χ2n) is 6.77. The average molecular weight is 389 g/mol. The molecule has 2 aromatic heterocycles. The third-order valence-corrected chi connectivity index (χ3v) is 7.41. The van der Waals surface area contributed by atoms with E-state index in [4.69, 9.17) is 0 Å². The van der Waals surface area contributed by atoms with Crippen LogP contribution in [0, 0.1) is 11.6 Å². The number of benzene rings is 1. The Hall–Kier alpha value is -1.70. The molecule has 2 atom stereocenters. The summed E-state index contributed by atoms with van der Waals surface area (Å²) in [5.74, 6) is 0.0182. The number of rotatable bonds is 2. The number of pyridine rings is 1. The van der Waals surface area contributed by atoms with E-state index in [1.165, 1.54) is 22.7 Å². The first kappa shape index (κ1) is 16.5. The van der Waals surface area contributed by atoms with Crippen molar-refractivity contribution in [3.8, 4) is 0 Å². The van der Waals surface area contributed by atoms with Crippen LogP contribution in [0.5, 0.6) is 0 Å². The van der Waals surface area contributed by atoms with Crippen molar-refractivity contribution in [2.75, 3.05) is 17.3 Å². The third kappa shape index (κ3) is 2.52. The quantitative estimate of drug-likeness (QED) is 0.649. The fraction of sp³-hybridized carbons (Fsp3) is 0.316. The number of halogens is 2. The molecule has 0 bridgehead atoms. The van der Waals surface area contributed by atoms with Crippen LogP contribution in [0.2, 0.25) is 0 Å². The van der Waals surface area contributed by atoms with E-state index in [0.717, 1.165) is 34.9 Å². The van der Waals surface area contributed by atoms with Crippen LogP contribution in [0.1, 0.15) is 24.1 Å². The number of nitrogens with zero attached hydrogens (tertiary/aromatic N) is 2. The van der Waals surface area contributed by atoms with Crippen LogP contribution in [0.25, 0.3) is 10.2 Å². The van der Waals surface area contributed by atoms with E-state index < -0.39 is 11.6 Å². The Morgan fingerprint density at radius 2 is 2.15 bits per heavy atom. The maximum Gasteiger partial charge on any atom is 0.150 e. The number of thiophene rings is 1. The summed E-state index contributed by atoms with van der Waals surface area (Å²) in [6.45, 7) is 3.25. The molecule has 4 heterocycles. The van der Waals surface area contributed by atoms with Crippen molar-refractivity contribution >= 4 is 44.7 Å². The van der Waals surface area contributed by atoms with Crippen molar-refractivity contribution in [2.45, 2.75) is 30.2 Å². The minimum absolute atomic E-state index is 0.454. The predicted octanol–water partition coefficient (Wildman–Crippen LogP) is 5.24. The fourth-order valence-corrected chi connectivity index (χ4v) is 6.25. The molecule has 5 rings (SSSR count). The van der Waals surface area contributed by atoms with E-state index in [9.17, 15) is 8.78 Å². The van der Waals surface area contributed by atoms with E-state index in [1.54, 1.807) is 17.5 Å². The molecule has 0 saturated carbocycles. The summed E-state index contributed by atoms with van der Waals surface area (Å²) in [5.41, 5.74) is 1.40. The zero-order chi connectivity index (χ0) is 17.8. The Morgan fingerprint density at radius 1 is 1.27 bits per heavy atom. The zero-order valence-corrected chi connectivity index (χ0v) is 15.8. The van der Waals surface area contributed by atoms with Gasteiger partial charge in [-0.1, -0.05) is 0 Å². The molecule has 0 radical (unpaired) electrons. The van der Waals surface area contributed by atoms with Gasteiger partial charge in [0.1, 0.15) is 10.6 Å². The lowest BCUT2D eigenvalue weighted by molar-refractivity contribution is 0.579. The van der Waals surface area contributed by atoms with Gasteiger partial charge in [0.15, 0.2) is 5.82 Å². The highest BCUT2D eigenvalue weighted by Gasteiger charge is 2.30. The third-order valence-electron chi connectivity index (χ3n) is 5.23. The second-order valence-corrected chi connectivity index (χ2v) is 8.82. The van der Waals surface area contributed by atoms with E-state index in [-0.39, 0.29) is 0 Å². The summed E-state index contributed by atoms with van der Waals surface area (Å²) in [6, 6.07) is 6.96. The summed E-state index contributed by atoms with van der Waals surface area (Å²) in [4.78, 5) is 9.41. The molecule has 26 heavy (non-hydrogen) atoms. The maximum absolute atomic E-state index is 14.5. The van der Waals surface area contributed by atoms with E-state index in [2.05, 4.69) is 23.3 Å². The Labute approximate surface area is 158 Å². The molecule has 2 aliphatic rings. The minimum Gasteiger partial charge on any atom is -0.327 e. The van der Waals surface area contributed by atoms with Gasteiger partial charge in [-0.2, -0.15) is 0 Å². The topological polar surface area (TPSA) is 28.2 Å². The Morgan fingerprint density at radius 3 is 2.96 bits per heavy atom. The van der Waals surface area contributed by atoms with Crippen LogP contribution in [-0.4, -0.2) is 23.4 Å². The lowest BCUT2D eigenvalue weighted by Crippen LogP contribution is -2.21. The molecule has 1 saturated heterocycles. The Kier molecular flexibility index (Phi) is 3.92. The van der Waals surface area contributed by atoms with Crippen LogP contribution >= 0.6 is 23.1 Å². The SMILES string of the molecule is CC1NCCC1c1cc2c(N3CSc4cc(F)cc(F)c43)ccnc2s1. The highest BCUT2D eigenvalue weighted by Crippen LogP contribution is 2.47. The van der Waals surface area contributed by atoms with Crippen molar-refractivity contribution in [3.63, 3.8) is 0 Å². The average Bonchev–Trinajstić information content (AvgIpc) is 3.31. The zero-order valence-electron chi connectivity index (χ0n) is 14.1. The highest BCUT2D eigenvalue weighted by atomic mass is 32.2. The Balaban J connectivity index is 1.62. The largest absolute Gasteiger partial charge is 0.327 e. The van der Waals surface area contributed by atoms with Crippen LogP contribution in [0.3, 0.4) is 0 Å². The first-order valence-corrected chi connectivity index (χ1v) is 10.4. The van der Waals surface area contributed by atoms with Gasteiger partial charge in [0, 0.05) is 39.4 Å². The molecule has 1 fully saturated rings. The monoisotopic (exact) mass is 389 g/mol. The number of hydrogen-bond acceptors (Lipinski definition) is 5. The predicted molar refractivity (Wildman–Crippen MR) is 104 cm³/mol. The molecule has 0 amide bonds. The van der Waals surface area contributed by atoms with E-state index in [0.29, 0.717) is 28.4 Å². The van der Waals surface area contributed by atoms with Crippen LogP contribution < -0.4 is 10.2 Å². The van der Waals surface area contributed by atoms with Gasteiger partial charge in [-0.3, -0.25) is 0 Å². The van der Waals surface area contributed by atoms with E-state index >= 15 is 0 Å². The molecule has 1 N–H and O–H groups in total. The second kappa shape index (κ2) is 6.18. The van der Waals surface area contributed by atoms with Crippen LogP contribution in [-0.2, 0) is 0 Å². The summed E-state index contributed by atoms with van der Waals surface area (Å²) in [6.07, 6.45) is 2.90. The lowest BCUT2D eigenvalue weighted by Gasteiger charge is -2.20. The van der Waals surface area contributed by atoms with Crippen molar-refractivity contribution in [1.29, 1.82) is 0 Å². The molecule has 0 aliphatic carbocycles. The number of thioether (sulfide) groups is 1. The van der Waals surface area contributed by atoms with Crippen LogP contribution in [0.15, 0.2) is 35.4 Å². The normalized spacial score (nSPS) is 22.3. The van der Waals surface area contributed by atoms with Gasteiger partial charge < -0.3 is 10.2 Å². The molecule has 1 aromatic carbocycles. The van der Waals surface area contributed by atoms with E-state index in [1.807, 2.05) is 11.0 Å². The molecule has 134 valence electrons. The number of aromatic nitrogens is 1. The molecule has 0 spiro atoms. The summed E-state index contributed by atoms with van der Waals surface area (Å²) >= 11 is 3.18. The molecule has 7 heteroatoms. The first-order chi connectivity index (χ1) is 12.6. The number of hydrogen-bond donors (Lipinski definition) is 1. The van der Waals surface area contributed by atoms with Gasteiger partial charge in [0.05, 0.1) is 17.3 Å². The minimum atomic E-state index is -0.531. The van der Waals surface area contributed by atoms with Crippen LogP contribution in [0.4, 0.5) is 20.2 Å². The van der Waals surface area contributed by atoms with Gasteiger partial charge in [0.2, 0.25) is 0 Å². The summed E-state index contributed by atoms with van der Waals surface area (Å²) in [7, 11) is 0. The number of nitrogens with one attached hydrogen (secondary N) is 1. The van der Waals surface area contributed by atoms with Gasteiger partial charge in [0.25, 0.3) is 0 Å². The molecule has 2 aliphatic heterocycles. The molecule has 3 aromatic rings. The van der Waals surface area contributed by atoms with Gasteiger partial charge in [-0.05, 0) is 38.1 Å². The first-order valence-electron chi connectivity index (χ1n) is 8.63. The number of fused-ring (bicyclic) bond motifs is 2. The Bertz CT molecular complexity index is 1000. The highest BCUT2D eigenvalue weighted by molar-refractivity contribution is 7.99. The van der Waals surface area contributed by atoms with Gasteiger partial charge in [-0.15, -0.1) is 23.1 Å². The molecular weight excluding hydrogens is 372 g/mol. The standard InChI is InChI=1S/C19H17F2N3S2/c1-10-12(2-4-22-10)16-8-13-15(3-5-23-19(13)26-16)24-9-25-17-7-11(20)6-14(21)18(17)24/h3,5-8,10,12,22H,2,4,9H2,1H3. The van der Waals surface area contributed by atoms with Crippen molar-refractivity contribution in [1.82, 2.24) is 10.3 Å². The van der Waals surface area contributed by atoms with Crippen molar-refractivity contribution in [2.24, 2.45) is 0 Å². The smallest absolute Gasteiger partial charge is 0.150 e. The van der Waals surface area contributed by atoms with Gasteiger partial charge in [-0.25, -0.2) is 13.8 Å². The van der Waals surface area contributed by atoms with Crippen molar-refractivity contribution in [3.05, 3.63) is 47.0 Å². The molecule has 2 unspecified atom stereocenters. The summed E-state index contributed by atoms with van der Waals surface area (Å²) in [5, 5.41) is 4.54. The van der Waals surface area contributed by atoms with Crippen molar-refractivity contribution < 1.29 is 8.78 Å².